The zero-order valence-corrected chi connectivity index (χ0v) is 37.6. The Kier molecular flexibility index (Phi) is 40.1. The van der Waals surface area contributed by atoms with Crippen molar-refractivity contribution in [3.63, 3.8) is 0 Å². The van der Waals surface area contributed by atoms with Gasteiger partial charge in [-0.15, -0.1) is 0 Å². The third-order valence-electron chi connectivity index (χ3n) is 10.2. The number of aliphatic carboxylic acids is 2. The van der Waals surface area contributed by atoms with Gasteiger partial charge in [-0.3, -0.25) is 0 Å². The Morgan fingerprint density at radius 3 is 0.782 bits per heavy atom. The smallest absolute Gasteiger partial charge is 0.546 e. The van der Waals surface area contributed by atoms with Crippen LogP contribution in [0.2, 0.25) is 0 Å². The molecule has 320 valence electrons. The molecule has 2 N–H and O–H groups in total. The number of aliphatic hydroxyl groups excluding tert-OH is 2. The number of carbonyl (C=O) groups excluding carboxylic acids is 4. The van der Waals surface area contributed by atoms with Gasteiger partial charge in [0, 0.05) is 0 Å². The quantitative estimate of drug-likeness (QED) is 0.0358. The van der Waals surface area contributed by atoms with Gasteiger partial charge in [-0.1, -0.05) is 181 Å². The number of carboxylic acids is 2. The van der Waals surface area contributed by atoms with Crippen LogP contribution in [-0.4, -0.2) is 80.6 Å². The molecule has 4 atom stereocenters. The topological polar surface area (TPSA) is 173 Å². The number of unbranched alkanes of at least 4 members (excludes halogenated alkanes) is 26. The molecule has 0 aromatic heterocycles. The zero-order chi connectivity index (χ0) is 41.1. The number of carboxylic acid groups (broad SMARTS) is 2. The molecule has 4 unspecified atom stereocenters. The molecule has 0 saturated heterocycles. The van der Waals surface area contributed by atoms with Gasteiger partial charge in [0.15, 0.2) is 0 Å². The summed E-state index contributed by atoms with van der Waals surface area (Å²) < 4.78 is 9.85. The Bertz CT molecular complexity index is 870. The van der Waals surface area contributed by atoms with Crippen LogP contribution in [0.5, 0.6) is 0 Å². The van der Waals surface area contributed by atoms with E-state index in [1.54, 1.807) is 0 Å². The van der Waals surface area contributed by atoms with Crippen LogP contribution < -0.4 is 10.2 Å². The number of rotatable bonds is 36. The fraction of sp³-hybridized carbons (Fsp3) is 0.909. The first-order valence-electron chi connectivity index (χ1n) is 21.9. The number of esters is 2. The minimum absolute atomic E-state index is 0. The first kappa shape index (κ1) is 57.9. The average molecular weight is 795 g/mol. The standard InChI is InChI=1S/2C22H42O5.Mg/c2*1-4-5-6-7-8-9-10-11-12-13-14-15-16-17-18-22(3,21(25)26)27-20(24)19(2)23;/h2*19,23H,4-18H2,1-3H3,(H,25,26);/q;;+2/p-2. The summed E-state index contributed by atoms with van der Waals surface area (Å²) >= 11 is 0. The maximum Gasteiger partial charge on any atom is 2.00 e. The molecule has 0 fully saturated rings. The fourth-order valence-corrected chi connectivity index (χ4v) is 6.32. The van der Waals surface area contributed by atoms with Crippen LogP contribution in [0.25, 0.3) is 0 Å². The first-order chi connectivity index (χ1) is 25.7. The van der Waals surface area contributed by atoms with Crippen LogP contribution >= 0.6 is 0 Å². The van der Waals surface area contributed by atoms with Crippen molar-refractivity contribution < 1.29 is 49.1 Å². The molecule has 0 rings (SSSR count). The second-order valence-corrected chi connectivity index (χ2v) is 15.9. The summed E-state index contributed by atoms with van der Waals surface area (Å²) in [5, 5.41) is 40.9. The van der Waals surface area contributed by atoms with Crippen LogP contribution in [0.15, 0.2) is 0 Å². The summed E-state index contributed by atoms with van der Waals surface area (Å²) in [5.74, 6) is -4.67. The van der Waals surface area contributed by atoms with Gasteiger partial charge < -0.3 is 39.5 Å². The molecule has 0 aliphatic rings. The fourth-order valence-electron chi connectivity index (χ4n) is 6.32. The largest absolute Gasteiger partial charge is 2.00 e. The molecule has 0 heterocycles. The summed E-state index contributed by atoms with van der Waals surface area (Å²) in [6.07, 6.45) is 32.0. The van der Waals surface area contributed by atoms with Crippen molar-refractivity contribution in [2.45, 2.75) is 258 Å². The molecule has 0 aromatic rings. The monoisotopic (exact) mass is 795 g/mol. The number of aliphatic hydroxyl groups is 2. The summed E-state index contributed by atoms with van der Waals surface area (Å²) in [7, 11) is 0. The van der Waals surface area contributed by atoms with Gasteiger partial charge in [0.05, 0.1) is 11.9 Å². The van der Waals surface area contributed by atoms with Crippen LogP contribution in [0, 0.1) is 0 Å². The van der Waals surface area contributed by atoms with Crippen molar-refractivity contribution in [3.8, 4) is 0 Å². The van der Waals surface area contributed by atoms with Crippen LogP contribution in [0.4, 0.5) is 0 Å². The predicted molar refractivity (Wildman–Crippen MR) is 218 cm³/mol. The molecule has 11 heteroatoms. The summed E-state index contributed by atoms with van der Waals surface area (Å²) in [6.45, 7) is 9.67. The summed E-state index contributed by atoms with van der Waals surface area (Å²) in [6, 6.07) is 0. The van der Waals surface area contributed by atoms with E-state index in [0.29, 0.717) is 12.8 Å². The van der Waals surface area contributed by atoms with E-state index in [1.165, 1.54) is 156 Å². The SMILES string of the molecule is CCCCCCCCCCCCCCCCC(C)(OC(=O)C(C)O)C(=O)[O-].CCCCCCCCCCCCCCCCC(C)(OC(=O)C(C)O)C(=O)[O-].[Mg+2]. The van der Waals surface area contributed by atoms with E-state index in [-0.39, 0.29) is 35.9 Å². The van der Waals surface area contributed by atoms with Crippen LogP contribution in [0.1, 0.15) is 234 Å². The molecule has 0 aliphatic carbocycles. The van der Waals surface area contributed by atoms with Gasteiger partial charge in [-0.25, -0.2) is 9.59 Å². The first-order valence-corrected chi connectivity index (χ1v) is 21.9. The molecule has 55 heavy (non-hydrogen) atoms. The molecule has 0 bridgehead atoms. The maximum absolute atomic E-state index is 11.4. The third kappa shape index (κ3) is 34.3. The van der Waals surface area contributed by atoms with Gasteiger partial charge in [-0.05, 0) is 53.4 Å². The zero-order valence-electron chi connectivity index (χ0n) is 36.2. The number of hydrogen-bond acceptors (Lipinski definition) is 10. The predicted octanol–water partition coefficient (Wildman–Crippen LogP) is 8.20. The molecule has 0 saturated carbocycles. The van der Waals surface area contributed by atoms with Gasteiger partial charge in [-0.2, -0.15) is 0 Å². The molecule has 0 spiro atoms. The summed E-state index contributed by atoms with van der Waals surface area (Å²) in [4.78, 5) is 45.4. The minimum atomic E-state index is -1.66. The van der Waals surface area contributed by atoms with E-state index in [1.807, 2.05) is 0 Å². The van der Waals surface area contributed by atoms with Gasteiger partial charge in [0.25, 0.3) is 0 Å². The van der Waals surface area contributed by atoms with Crippen LogP contribution in [0.3, 0.4) is 0 Å². The molecule has 0 radical (unpaired) electrons. The van der Waals surface area contributed by atoms with Crippen LogP contribution in [-0.2, 0) is 28.7 Å². The van der Waals surface area contributed by atoms with Gasteiger partial charge in [0.2, 0.25) is 0 Å². The van der Waals surface area contributed by atoms with E-state index < -0.39 is 47.3 Å². The molecule has 10 nitrogen and oxygen atoms in total. The van der Waals surface area contributed by atoms with Crippen molar-refractivity contribution in [1.82, 2.24) is 0 Å². The Morgan fingerprint density at radius 1 is 0.436 bits per heavy atom. The average Bonchev–Trinajstić information content (AvgIpc) is 3.11. The Hall–Kier alpha value is -1.43. The van der Waals surface area contributed by atoms with E-state index in [0.717, 1.165) is 38.5 Å². The molecular formula is C44H82MgO10. The van der Waals surface area contributed by atoms with Crippen molar-refractivity contribution in [1.29, 1.82) is 0 Å². The van der Waals surface area contributed by atoms with Gasteiger partial charge >= 0.3 is 35.0 Å². The van der Waals surface area contributed by atoms with E-state index in [4.69, 9.17) is 9.47 Å². The molecule has 0 aromatic carbocycles. The van der Waals surface area contributed by atoms with Crippen molar-refractivity contribution in [3.05, 3.63) is 0 Å². The Labute approximate surface area is 352 Å². The molecule has 0 aliphatic heterocycles. The minimum Gasteiger partial charge on any atom is -0.546 e. The van der Waals surface area contributed by atoms with E-state index in [2.05, 4.69) is 13.8 Å². The number of hydrogen-bond donors (Lipinski definition) is 2. The second-order valence-electron chi connectivity index (χ2n) is 15.9. The Morgan fingerprint density at radius 2 is 0.618 bits per heavy atom. The van der Waals surface area contributed by atoms with Crippen molar-refractivity contribution in [2.24, 2.45) is 0 Å². The third-order valence-corrected chi connectivity index (χ3v) is 10.2. The Balaban J connectivity index is -0.000000966. The van der Waals surface area contributed by atoms with Gasteiger partial charge in [0.1, 0.15) is 23.4 Å². The van der Waals surface area contributed by atoms with E-state index >= 15 is 0 Å². The molecule has 0 amide bonds. The maximum atomic E-state index is 11.4. The normalized spacial score (nSPS) is 14.3. The van der Waals surface area contributed by atoms with Crippen molar-refractivity contribution >= 4 is 46.9 Å². The number of carbonyl (C=O) groups is 4. The number of ether oxygens (including phenoxy) is 2. The second kappa shape index (κ2) is 38.1. The van der Waals surface area contributed by atoms with Crippen molar-refractivity contribution in [2.75, 3.05) is 0 Å². The molecular weight excluding hydrogens is 713 g/mol. The summed E-state index contributed by atoms with van der Waals surface area (Å²) in [5.41, 5.74) is -3.32. The van der Waals surface area contributed by atoms with E-state index in [9.17, 15) is 39.6 Å².